The van der Waals surface area contributed by atoms with E-state index in [0.717, 1.165) is 24.3 Å². The Morgan fingerprint density at radius 3 is 2.70 bits per heavy atom. The minimum atomic E-state index is -0.174. The molecule has 0 aliphatic carbocycles. The van der Waals surface area contributed by atoms with Gasteiger partial charge in [-0.25, -0.2) is 0 Å². The predicted octanol–water partition coefficient (Wildman–Crippen LogP) is 2.92. The van der Waals surface area contributed by atoms with Crippen LogP contribution in [0.3, 0.4) is 0 Å². The van der Waals surface area contributed by atoms with Gasteiger partial charge in [0, 0.05) is 31.6 Å². The fourth-order valence-electron chi connectivity index (χ4n) is 2.68. The zero-order valence-electron chi connectivity index (χ0n) is 13.0. The molecule has 0 spiro atoms. The predicted molar refractivity (Wildman–Crippen MR) is 79.5 cm³/mol. The summed E-state index contributed by atoms with van der Waals surface area (Å²) in [4.78, 5) is 0. The number of benzene rings is 1. The van der Waals surface area contributed by atoms with Gasteiger partial charge >= 0.3 is 0 Å². The lowest BCUT2D eigenvalue weighted by atomic mass is 9.90. The van der Waals surface area contributed by atoms with Crippen molar-refractivity contribution < 1.29 is 14.2 Å². The third kappa shape index (κ3) is 3.25. The minimum Gasteiger partial charge on any atom is -0.497 e. The Kier molecular flexibility index (Phi) is 4.55. The van der Waals surface area contributed by atoms with Crippen molar-refractivity contribution in [2.75, 3.05) is 21.3 Å². The van der Waals surface area contributed by atoms with Gasteiger partial charge in [0.15, 0.2) is 0 Å². The number of methoxy groups -OCH3 is 2. The maximum Gasteiger partial charge on any atom is 0.124 e. The first-order chi connectivity index (χ1) is 9.49. The smallest absolute Gasteiger partial charge is 0.124 e. The van der Waals surface area contributed by atoms with Crippen molar-refractivity contribution in [3.63, 3.8) is 0 Å². The Labute approximate surface area is 121 Å². The first-order valence-electron chi connectivity index (χ1n) is 7.06. The largest absolute Gasteiger partial charge is 0.497 e. The van der Waals surface area contributed by atoms with Crippen molar-refractivity contribution in [2.45, 2.75) is 44.4 Å². The molecule has 112 valence electrons. The lowest BCUT2D eigenvalue weighted by Gasteiger charge is -2.36. The Hall–Kier alpha value is -1.26. The van der Waals surface area contributed by atoms with Crippen molar-refractivity contribution in [3.05, 3.63) is 23.8 Å². The van der Waals surface area contributed by atoms with E-state index in [2.05, 4.69) is 19.2 Å². The lowest BCUT2D eigenvalue weighted by molar-refractivity contribution is -0.0203. The van der Waals surface area contributed by atoms with Crippen LogP contribution in [0.1, 0.15) is 38.3 Å². The number of nitrogens with one attached hydrogen (secondary N) is 1. The lowest BCUT2D eigenvalue weighted by Crippen LogP contribution is -2.37. The first-order valence-corrected chi connectivity index (χ1v) is 7.06. The average Bonchev–Trinajstić information content (AvgIpc) is 2.45. The summed E-state index contributed by atoms with van der Waals surface area (Å²) in [6.45, 7) is 4.18. The van der Waals surface area contributed by atoms with Gasteiger partial charge in [0.1, 0.15) is 17.6 Å². The number of hydrogen-bond acceptors (Lipinski definition) is 4. The van der Waals surface area contributed by atoms with Gasteiger partial charge in [-0.05, 0) is 39.1 Å². The SMILES string of the molecule is CNC1CC(CC(C)(C)OC)Oc2ccc(OC)cc21. The van der Waals surface area contributed by atoms with Gasteiger partial charge < -0.3 is 19.5 Å². The molecule has 0 saturated heterocycles. The fourth-order valence-corrected chi connectivity index (χ4v) is 2.68. The molecule has 1 aliphatic rings. The number of fused-ring (bicyclic) bond motifs is 1. The molecule has 0 radical (unpaired) electrons. The summed E-state index contributed by atoms with van der Waals surface area (Å²) in [5.41, 5.74) is 0.991. The van der Waals surface area contributed by atoms with Crippen molar-refractivity contribution in [3.8, 4) is 11.5 Å². The summed E-state index contributed by atoms with van der Waals surface area (Å²) in [6.07, 6.45) is 1.96. The average molecular weight is 279 g/mol. The zero-order valence-corrected chi connectivity index (χ0v) is 13.0. The number of rotatable bonds is 5. The van der Waals surface area contributed by atoms with E-state index in [9.17, 15) is 0 Å². The van der Waals surface area contributed by atoms with Gasteiger partial charge in [0.05, 0.1) is 12.7 Å². The normalized spacial score (nSPS) is 22.1. The summed E-state index contributed by atoms with van der Waals surface area (Å²) in [6, 6.07) is 6.26. The Bertz CT molecular complexity index is 459. The molecule has 1 N–H and O–H groups in total. The standard InChI is InChI=1S/C16H25NO3/c1-16(2,19-5)10-12-9-14(17-3)13-8-11(18-4)6-7-15(13)20-12/h6-8,12,14,17H,9-10H2,1-5H3. The van der Waals surface area contributed by atoms with Crippen LogP contribution >= 0.6 is 0 Å². The monoisotopic (exact) mass is 279 g/mol. The van der Waals surface area contributed by atoms with Gasteiger partial charge in [-0.3, -0.25) is 0 Å². The summed E-state index contributed by atoms with van der Waals surface area (Å²) < 4.78 is 16.9. The highest BCUT2D eigenvalue weighted by molar-refractivity contribution is 5.43. The van der Waals surface area contributed by atoms with Crippen LogP contribution in [0.4, 0.5) is 0 Å². The van der Waals surface area contributed by atoms with Gasteiger partial charge in [-0.2, -0.15) is 0 Å². The summed E-state index contributed by atoms with van der Waals surface area (Å²) in [5.74, 6) is 1.80. The van der Waals surface area contributed by atoms with Crippen molar-refractivity contribution in [1.82, 2.24) is 5.32 Å². The van der Waals surface area contributed by atoms with Gasteiger partial charge in [0.2, 0.25) is 0 Å². The Balaban J connectivity index is 2.21. The van der Waals surface area contributed by atoms with Crippen LogP contribution in [0.25, 0.3) is 0 Å². The van der Waals surface area contributed by atoms with Crippen molar-refractivity contribution in [1.29, 1.82) is 0 Å². The molecule has 0 aromatic heterocycles. The van der Waals surface area contributed by atoms with Crippen LogP contribution in [0.2, 0.25) is 0 Å². The number of ether oxygens (including phenoxy) is 3. The van der Waals surface area contributed by atoms with Gasteiger partial charge in [0.25, 0.3) is 0 Å². The third-order valence-corrected chi connectivity index (χ3v) is 4.00. The molecular weight excluding hydrogens is 254 g/mol. The van der Waals surface area contributed by atoms with E-state index >= 15 is 0 Å². The second kappa shape index (κ2) is 6.02. The molecular formula is C16H25NO3. The molecule has 0 saturated carbocycles. The number of hydrogen-bond donors (Lipinski definition) is 1. The third-order valence-electron chi connectivity index (χ3n) is 4.00. The minimum absolute atomic E-state index is 0.156. The van der Waals surface area contributed by atoms with E-state index in [1.807, 2.05) is 25.2 Å². The molecule has 0 bridgehead atoms. The van der Waals surface area contributed by atoms with E-state index in [4.69, 9.17) is 14.2 Å². The van der Waals surface area contributed by atoms with E-state index < -0.39 is 0 Å². The van der Waals surface area contributed by atoms with E-state index in [1.165, 1.54) is 5.56 Å². The molecule has 4 nitrogen and oxygen atoms in total. The highest BCUT2D eigenvalue weighted by Gasteiger charge is 2.32. The summed E-state index contributed by atoms with van der Waals surface area (Å²) in [7, 11) is 5.42. The summed E-state index contributed by atoms with van der Waals surface area (Å²) in [5, 5.41) is 3.37. The quantitative estimate of drug-likeness (QED) is 0.899. The van der Waals surface area contributed by atoms with Crippen molar-refractivity contribution >= 4 is 0 Å². The molecule has 1 aromatic carbocycles. The molecule has 1 aromatic rings. The Morgan fingerprint density at radius 2 is 2.10 bits per heavy atom. The van der Waals surface area contributed by atoms with Crippen LogP contribution in [0.15, 0.2) is 18.2 Å². The molecule has 4 heteroatoms. The van der Waals surface area contributed by atoms with E-state index in [-0.39, 0.29) is 17.7 Å². The van der Waals surface area contributed by atoms with Gasteiger partial charge in [-0.1, -0.05) is 0 Å². The topological polar surface area (TPSA) is 39.7 Å². The molecule has 2 rings (SSSR count). The van der Waals surface area contributed by atoms with Crippen molar-refractivity contribution in [2.24, 2.45) is 0 Å². The molecule has 1 aliphatic heterocycles. The molecule has 0 amide bonds. The maximum absolute atomic E-state index is 6.13. The highest BCUT2D eigenvalue weighted by Crippen LogP contribution is 2.39. The van der Waals surface area contributed by atoms with Crippen LogP contribution in [-0.2, 0) is 4.74 Å². The first kappa shape index (κ1) is 15.1. The van der Waals surface area contributed by atoms with E-state index in [1.54, 1.807) is 14.2 Å². The maximum atomic E-state index is 6.13. The van der Waals surface area contributed by atoms with Gasteiger partial charge in [-0.15, -0.1) is 0 Å². The molecule has 20 heavy (non-hydrogen) atoms. The zero-order chi connectivity index (χ0) is 14.8. The highest BCUT2D eigenvalue weighted by atomic mass is 16.5. The Morgan fingerprint density at radius 1 is 1.35 bits per heavy atom. The van der Waals surface area contributed by atoms with Crippen LogP contribution in [0, 0.1) is 0 Å². The van der Waals surface area contributed by atoms with Crippen LogP contribution in [-0.4, -0.2) is 33.0 Å². The van der Waals surface area contributed by atoms with E-state index in [0.29, 0.717) is 0 Å². The molecule has 0 fully saturated rings. The van der Waals surface area contributed by atoms with Crippen LogP contribution < -0.4 is 14.8 Å². The second-order valence-corrected chi connectivity index (χ2v) is 5.89. The van der Waals surface area contributed by atoms with Crippen LogP contribution in [0.5, 0.6) is 11.5 Å². The molecule has 2 atom stereocenters. The fraction of sp³-hybridized carbons (Fsp3) is 0.625. The second-order valence-electron chi connectivity index (χ2n) is 5.89. The molecule has 1 heterocycles. The molecule has 2 unspecified atom stereocenters. The summed E-state index contributed by atoms with van der Waals surface area (Å²) >= 11 is 0.